The molecule has 0 spiro atoms. The van der Waals surface area contributed by atoms with Crippen LogP contribution in [-0.4, -0.2) is 33.0 Å². The number of H-pyrrole nitrogens is 1. The molecular formula is C19H16N4O2. The highest BCUT2D eigenvalue weighted by molar-refractivity contribution is 5.97. The number of nitrogens with zero attached hydrogens (tertiary/aromatic N) is 3. The second-order valence-electron chi connectivity index (χ2n) is 5.81. The molecular weight excluding hydrogens is 316 g/mol. The first-order valence-electron chi connectivity index (χ1n) is 7.92. The topological polar surface area (TPSA) is 75.0 Å². The minimum atomic E-state index is -0.129. The number of nitrogens with one attached hydrogen (secondary N) is 1. The van der Waals surface area contributed by atoms with Crippen LogP contribution in [-0.2, 0) is 6.54 Å². The minimum absolute atomic E-state index is 0.129. The summed E-state index contributed by atoms with van der Waals surface area (Å²) in [5.41, 5.74) is 2.34. The summed E-state index contributed by atoms with van der Waals surface area (Å²) < 4.78 is 5.27. The Labute approximate surface area is 144 Å². The summed E-state index contributed by atoms with van der Waals surface area (Å²) in [4.78, 5) is 21.6. The summed E-state index contributed by atoms with van der Waals surface area (Å²) in [5.74, 6) is 0.781. The van der Waals surface area contributed by atoms with Crippen molar-refractivity contribution in [2.45, 2.75) is 6.54 Å². The van der Waals surface area contributed by atoms with Gasteiger partial charge in [0.05, 0.1) is 0 Å². The highest BCUT2D eigenvalue weighted by Gasteiger charge is 2.17. The summed E-state index contributed by atoms with van der Waals surface area (Å²) in [6.45, 7) is 0.244. The molecule has 0 saturated heterocycles. The third-order valence-corrected chi connectivity index (χ3v) is 3.98. The number of fused-ring (bicyclic) bond motifs is 1. The van der Waals surface area contributed by atoms with Crippen molar-refractivity contribution in [1.29, 1.82) is 0 Å². The highest BCUT2D eigenvalue weighted by atomic mass is 16.5. The van der Waals surface area contributed by atoms with Crippen molar-refractivity contribution < 1.29 is 9.32 Å². The zero-order valence-corrected chi connectivity index (χ0v) is 13.6. The Bertz CT molecular complexity index is 987. The fourth-order valence-electron chi connectivity index (χ4n) is 2.69. The quantitative estimate of drug-likeness (QED) is 0.621. The van der Waals surface area contributed by atoms with Crippen LogP contribution in [0.1, 0.15) is 16.4 Å². The first-order chi connectivity index (χ1) is 12.2. The number of aromatic amines is 1. The number of benzene rings is 2. The lowest BCUT2D eigenvalue weighted by Crippen LogP contribution is -2.26. The molecule has 0 aliphatic carbocycles. The van der Waals surface area contributed by atoms with Gasteiger partial charge in [-0.05, 0) is 12.1 Å². The van der Waals surface area contributed by atoms with Gasteiger partial charge in [-0.15, -0.1) is 0 Å². The van der Waals surface area contributed by atoms with Crippen LogP contribution in [0.2, 0.25) is 0 Å². The molecule has 0 aliphatic rings. The molecule has 6 nitrogen and oxygen atoms in total. The molecule has 1 amide bonds. The first-order valence-corrected chi connectivity index (χ1v) is 7.92. The van der Waals surface area contributed by atoms with Crippen molar-refractivity contribution in [3.63, 3.8) is 0 Å². The molecule has 0 bridgehead atoms. The van der Waals surface area contributed by atoms with E-state index in [-0.39, 0.29) is 12.5 Å². The van der Waals surface area contributed by atoms with Gasteiger partial charge in [-0.25, -0.2) is 0 Å². The van der Waals surface area contributed by atoms with Gasteiger partial charge in [0.15, 0.2) is 0 Å². The van der Waals surface area contributed by atoms with E-state index in [0.717, 1.165) is 16.5 Å². The zero-order valence-electron chi connectivity index (χ0n) is 13.6. The van der Waals surface area contributed by atoms with Crippen LogP contribution in [0.5, 0.6) is 0 Å². The van der Waals surface area contributed by atoms with Crippen molar-refractivity contribution in [3.05, 3.63) is 72.2 Å². The van der Waals surface area contributed by atoms with Crippen molar-refractivity contribution in [2.75, 3.05) is 7.05 Å². The summed E-state index contributed by atoms with van der Waals surface area (Å²) in [6.07, 6.45) is 0. The van der Waals surface area contributed by atoms with Crippen molar-refractivity contribution in [2.24, 2.45) is 0 Å². The normalized spacial score (nSPS) is 10.9. The number of rotatable bonds is 4. The van der Waals surface area contributed by atoms with Gasteiger partial charge in [-0.1, -0.05) is 53.7 Å². The smallest absolute Gasteiger partial charge is 0.270 e. The summed E-state index contributed by atoms with van der Waals surface area (Å²) >= 11 is 0. The minimum Gasteiger partial charge on any atom is -0.351 e. The Morgan fingerprint density at radius 2 is 1.88 bits per heavy atom. The number of carbonyl (C=O) groups excluding carboxylic acids is 1. The Kier molecular flexibility index (Phi) is 3.78. The fraction of sp³-hybridized carbons (Fsp3) is 0.105. The van der Waals surface area contributed by atoms with E-state index in [1.54, 1.807) is 11.9 Å². The second-order valence-corrected chi connectivity index (χ2v) is 5.81. The van der Waals surface area contributed by atoms with Crippen molar-refractivity contribution >= 4 is 16.8 Å². The SMILES string of the molecule is CN(Cc1nc(-c2ccccc2)no1)C(=O)c1cc2ccccc2[nH]1. The Morgan fingerprint density at radius 1 is 1.12 bits per heavy atom. The molecule has 2 aromatic heterocycles. The van der Waals surface area contributed by atoms with Crippen LogP contribution >= 0.6 is 0 Å². The number of para-hydroxylation sites is 1. The van der Waals surface area contributed by atoms with Gasteiger partial charge < -0.3 is 14.4 Å². The molecule has 0 saturated carbocycles. The number of hydrogen-bond acceptors (Lipinski definition) is 4. The monoisotopic (exact) mass is 332 g/mol. The molecule has 0 unspecified atom stereocenters. The molecule has 0 radical (unpaired) electrons. The number of hydrogen-bond donors (Lipinski definition) is 1. The predicted octanol–water partition coefficient (Wildman–Crippen LogP) is 3.49. The predicted molar refractivity (Wildman–Crippen MR) is 93.8 cm³/mol. The largest absolute Gasteiger partial charge is 0.351 e. The maximum absolute atomic E-state index is 12.6. The summed E-state index contributed by atoms with van der Waals surface area (Å²) in [6, 6.07) is 19.2. The average molecular weight is 332 g/mol. The van der Waals surface area contributed by atoms with Crippen molar-refractivity contribution in [1.82, 2.24) is 20.0 Å². The summed E-state index contributed by atoms with van der Waals surface area (Å²) in [5, 5.41) is 4.98. The molecule has 4 rings (SSSR count). The van der Waals surface area contributed by atoms with E-state index in [0.29, 0.717) is 17.4 Å². The molecule has 1 N–H and O–H groups in total. The first kappa shape index (κ1) is 15.1. The molecule has 0 atom stereocenters. The van der Waals surface area contributed by atoms with Gasteiger partial charge in [-0.3, -0.25) is 4.79 Å². The zero-order chi connectivity index (χ0) is 17.2. The molecule has 2 aromatic carbocycles. The van der Waals surface area contributed by atoms with Crippen molar-refractivity contribution in [3.8, 4) is 11.4 Å². The third kappa shape index (κ3) is 3.01. The van der Waals surface area contributed by atoms with E-state index in [9.17, 15) is 4.79 Å². The van der Waals surface area contributed by atoms with E-state index >= 15 is 0 Å². The molecule has 25 heavy (non-hydrogen) atoms. The lowest BCUT2D eigenvalue weighted by molar-refractivity contribution is 0.0764. The standard InChI is InChI=1S/C19H16N4O2/c1-23(19(24)16-11-14-9-5-6-10-15(14)20-16)12-17-21-18(22-25-17)13-7-3-2-4-8-13/h2-11,20H,12H2,1H3. The van der Waals surface area contributed by atoms with Gasteiger partial charge in [0, 0.05) is 23.5 Å². The molecule has 124 valence electrons. The average Bonchev–Trinajstić information content (AvgIpc) is 3.28. The molecule has 6 heteroatoms. The van der Waals surface area contributed by atoms with E-state index in [1.807, 2.05) is 60.7 Å². The number of aromatic nitrogens is 3. The number of carbonyl (C=O) groups is 1. The van der Waals surface area contributed by atoms with Crippen LogP contribution in [0.15, 0.2) is 65.2 Å². The van der Waals surface area contributed by atoms with Gasteiger partial charge >= 0.3 is 0 Å². The van der Waals surface area contributed by atoms with Gasteiger partial charge in [0.25, 0.3) is 5.91 Å². The lowest BCUT2D eigenvalue weighted by atomic mass is 10.2. The van der Waals surface area contributed by atoms with E-state index < -0.39 is 0 Å². The second kappa shape index (κ2) is 6.24. The summed E-state index contributed by atoms with van der Waals surface area (Å²) in [7, 11) is 1.71. The fourth-order valence-corrected chi connectivity index (χ4v) is 2.69. The molecule has 4 aromatic rings. The Hall–Kier alpha value is -3.41. The molecule has 2 heterocycles. The Balaban J connectivity index is 1.50. The maximum Gasteiger partial charge on any atom is 0.270 e. The van der Waals surface area contributed by atoms with E-state index in [1.165, 1.54) is 0 Å². The van der Waals surface area contributed by atoms with Crippen LogP contribution in [0.3, 0.4) is 0 Å². The van der Waals surface area contributed by atoms with Gasteiger partial charge in [-0.2, -0.15) is 4.98 Å². The highest BCUT2D eigenvalue weighted by Crippen LogP contribution is 2.18. The van der Waals surface area contributed by atoms with Gasteiger partial charge in [0.2, 0.25) is 11.7 Å². The number of amides is 1. The van der Waals surface area contributed by atoms with Crippen LogP contribution < -0.4 is 0 Å². The van der Waals surface area contributed by atoms with E-state index in [4.69, 9.17) is 4.52 Å². The lowest BCUT2D eigenvalue weighted by Gasteiger charge is -2.13. The third-order valence-electron chi connectivity index (χ3n) is 3.98. The maximum atomic E-state index is 12.6. The van der Waals surface area contributed by atoms with Crippen LogP contribution in [0.4, 0.5) is 0 Å². The van der Waals surface area contributed by atoms with Crippen LogP contribution in [0.25, 0.3) is 22.3 Å². The van der Waals surface area contributed by atoms with E-state index in [2.05, 4.69) is 15.1 Å². The Morgan fingerprint density at radius 3 is 2.68 bits per heavy atom. The molecule has 0 aliphatic heterocycles. The molecule has 0 fully saturated rings. The van der Waals surface area contributed by atoms with Gasteiger partial charge in [0.1, 0.15) is 12.2 Å². The van der Waals surface area contributed by atoms with Crippen LogP contribution in [0, 0.1) is 0 Å².